The standard InChI is InChI=1S/C14H26N4O3S/c1-10(2)18(11(3)4)12(19)9-22-14-16-15-13(20)17(14)7-6-8-21-5/h10-11H,6-9H2,1-5H3,(H,15,20). The lowest BCUT2D eigenvalue weighted by Gasteiger charge is -2.30. The van der Waals surface area contributed by atoms with Crippen LogP contribution in [0.1, 0.15) is 34.1 Å². The van der Waals surface area contributed by atoms with E-state index in [-0.39, 0.29) is 29.4 Å². The van der Waals surface area contributed by atoms with Crippen LogP contribution in [-0.4, -0.2) is 57.1 Å². The number of hydrogen-bond donors (Lipinski definition) is 1. The first-order valence-electron chi connectivity index (χ1n) is 7.46. The number of nitrogens with zero attached hydrogens (tertiary/aromatic N) is 3. The normalized spacial score (nSPS) is 11.4. The SMILES string of the molecule is COCCCn1c(SCC(=O)N(C(C)C)C(C)C)n[nH]c1=O. The maximum atomic E-state index is 12.3. The van der Waals surface area contributed by atoms with Gasteiger partial charge in [-0.1, -0.05) is 11.8 Å². The minimum absolute atomic E-state index is 0.0499. The van der Waals surface area contributed by atoms with Crippen LogP contribution in [0, 0.1) is 0 Å². The van der Waals surface area contributed by atoms with Gasteiger partial charge in [0.15, 0.2) is 5.16 Å². The smallest absolute Gasteiger partial charge is 0.343 e. The highest BCUT2D eigenvalue weighted by atomic mass is 32.2. The Morgan fingerprint density at radius 2 is 2.00 bits per heavy atom. The molecule has 0 saturated heterocycles. The molecule has 0 atom stereocenters. The first kappa shape index (κ1) is 18.8. The molecule has 1 aromatic heterocycles. The quantitative estimate of drug-likeness (QED) is 0.546. The topological polar surface area (TPSA) is 80.2 Å². The van der Waals surface area contributed by atoms with Gasteiger partial charge in [-0.15, -0.1) is 5.10 Å². The number of rotatable bonds is 9. The highest BCUT2D eigenvalue weighted by Gasteiger charge is 2.21. The number of ether oxygens (including phenoxy) is 1. The lowest BCUT2D eigenvalue weighted by atomic mass is 10.2. The fourth-order valence-electron chi connectivity index (χ4n) is 2.35. The molecule has 1 rings (SSSR count). The Morgan fingerprint density at radius 3 is 2.55 bits per heavy atom. The van der Waals surface area contributed by atoms with Crippen molar-refractivity contribution in [3.63, 3.8) is 0 Å². The van der Waals surface area contributed by atoms with Crippen molar-refractivity contribution >= 4 is 17.7 Å². The van der Waals surface area contributed by atoms with Gasteiger partial charge in [-0.25, -0.2) is 9.89 Å². The molecule has 1 heterocycles. The number of aromatic amines is 1. The van der Waals surface area contributed by atoms with E-state index in [0.717, 1.165) is 6.42 Å². The van der Waals surface area contributed by atoms with Crippen LogP contribution in [-0.2, 0) is 16.1 Å². The maximum absolute atomic E-state index is 12.3. The fourth-order valence-corrected chi connectivity index (χ4v) is 3.19. The fraction of sp³-hybridized carbons (Fsp3) is 0.786. The van der Waals surface area contributed by atoms with Gasteiger partial charge in [-0.3, -0.25) is 9.36 Å². The molecule has 1 amide bonds. The van der Waals surface area contributed by atoms with Gasteiger partial charge in [-0.05, 0) is 34.1 Å². The van der Waals surface area contributed by atoms with Crippen molar-refractivity contribution in [3.8, 4) is 0 Å². The molecule has 126 valence electrons. The Bertz CT molecular complexity index is 516. The summed E-state index contributed by atoms with van der Waals surface area (Å²) in [5, 5.41) is 6.97. The van der Waals surface area contributed by atoms with E-state index in [9.17, 15) is 9.59 Å². The number of methoxy groups -OCH3 is 1. The summed E-state index contributed by atoms with van der Waals surface area (Å²) in [7, 11) is 1.62. The van der Waals surface area contributed by atoms with Crippen molar-refractivity contribution in [1.29, 1.82) is 0 Å². The maximum Gasteiger partial charge on any atom is 0.343 e. The van der Waals surface area contributed by atoms with E-state index in [4.69, 9.17) is 4.74 Å². The molecule has 0 spiro atoms. The number of carbonyl (C=O) groups excluding carboxylic acids is 1. The Hall–Kier alpha value is -1.28. The summed E-state index contributed by atoms with van der Waals surface area (Å²) in [5.41, 5.74) is -0.254. The number of H-pyrrole nitrogens is 1. The number of amides is 1. The van der Waals surface area contributed by atoms with Crippen molar-refractivity contribution in [2.75, 3.05) is 19.5 Å². The number of nitrogens with one attached hydrogen (secondary N) is 1. The predicted octanol–water partition coefficient (Wildman–Crippen LogP) is 1.35. The molecule has 0 aliphatic carbocycles. The lowest BCUT2D eigenvalue weighted by molar-refractivity contribution is -0.131. The predicted molar refractivity (Wildman–Crippen MR) is 87.2 cm³/mol. The van der Waals surface area contributed by atoms with Crippen LogP contribution in [0.3, 0.4) is 0 Å². The molecule has 0 bridgehead atoms. The van der Waals surface area contributed by atoms with Crippen molar-refractivity contribution in [1.82, 2.24) is 19.7 Å². The van der Waals surface area contributed by atoms with E-state index < -0.39 is 0 Å². The van der Waals surface area contributed by atoms with Gasteiger partial charge in [0.05, 0.1) is 5.75 Å². The molecule has 8 heteroatoms. The van der Waals surface area contributed by atoms with Gasteiger partial charge in [0, 0.05) is 32.3 Å². The minimum Gasteiger partial charge on any atom is -0.385 e. The van der Waals surface area contributed by atoms with E-state index >= 15 is 0 Å². The molecule has 0 aromatic carbocycles. The minimum atomic E-state index is -0.254. The third-order valence-electron chi connectivity index (χ3n) is 3.18. The van der Waals surface area contributed by atoms with Gasteiger partial charge in [0.25, 0.3) is 0 Å². The number of carbonyl (C=O) groups is 1. The zero-order chi connectivity index (χ0) is 16.7. The highest BCUT2D eigenvalue weighted by molar-refractivity contribution is 7.99. The van der Waals surface area contributed by atoms with Crippen LogP contribution in [0.25, 0.3) is 0 Å². The molecule has 0 aliphatic heterocycles. The largest absolute Gasteiger partial charge is 0.385 e. The van der Waals surface area contributed by atoms with Crippen molar-refractivity contribution in [2.24, 2.45) is 0 Å². The van der Waals surface area contributed by atoms with Crippen LogP contribution < -0.4 is 5.69 Å². The average Bonchev–Trinajstić information content (AvgIpc) is 2.77. The Morgan fingerprint density at radius 1 is 1.36 bits per heavy atom. The summed E-state index contributed by atoms with van der Waals surface area (Å²) in [4.78, 5) is 25.9. The van der Waals surface area contributed by atoms with Gasteiger partial charge in [0.2, 0.25) is 5.91 Å². The highest BCUT2D eigenvalue weighted by Crippen LogP contribution is 2.16. The third-order valence-corrected chi connectivity index (χ3v) is 4.14. The summed E-state index contributed by atoms with van der Waals surface area (Å²) >= 11 is 1.29. The van der Waals surface area contributed by atoms with Crippen molar-refractivity contribution in [2.45, 2.75) is 57.9 Å². The molecular formula is C14H26N4O3S. The molecule has 7 nitrogen and oxygen atoms in total. The molecule has 0 radical (unpaired) electrons. The Labute approximate surface area is 135 Å². The number of hydrogen-bond acceptors (Lipinski definition) is 5. The molecule has 0 unspecified atom stereocenters. The van der Waals surface area contributed by atoms with E-state index in [1.807, 2.05) is 32.6 Å². The molecule has 22 heavy (non-hydrogen) atoms. The van der Waals surface area contributed by atoms with Crippen LogP contribution in [0.5, 0.6) is 0 Å². The molecule has 1 N–H and O–H groups in total. The van der Waals surface area contributed by atoms with Gasteiger partial charge in [0.1, 0.15) is 0 Å². The molecule has 0 saturated carbocycles. The summed E-state index contributed by atoms with van der Waals surface area (Å²) in [5.74, 6) is 0.319. The van der Waals surface area contributed by atoms with Crippen LogP contribution in [0.15, 0.2) is 9.95 Å². The molecule has 0 aliphatic rings. The molecule has 1 aromatic rings. The second-order valence-corrected chi connectivity index (χ2v) is 6.53. The van der Waals surface area contributed by atoms with Gasteiger partial charge < -0.3 is 9.64 Å². The zero-order valence-corrected chi connectivity index (χ0v) is 14.8. The average molecular weight is 330 g/mol. The van der Waals surface area contributed by atoms with E-state index in [1.165, 1.54) is 11.8 Å². The van der Waals surface area contributed by atoms with Gasteiger partial charge >= 0.3 is 5.69 Å². The lowest BCUT2D eigenvalue weighted by Crippen LogP contribution is -2.43. The monoisotopic (exact) mass is 330 g/mol. The van der Waals surface area contributed by atoms with Gasteiger partial charge in [-0.2, -0.15) is 0 Å². The van der Waals surface area contributed by atoms with Crippen LogP contribution >= 0.6 is 11.8 Å². The Balaban J connectivity index is 2.68. The van der Waals surface area contributed by atoms with E-state index in [0.29, 0.717) is 18.3 Å². The van der Waals surface area contributed by atoms with Crippen LogP contribution in [0.2, 0.25) is 0 Å². The van der Waals surface area contributed by atoms with Crippen molar-refractivity contribution in [3.05, 3.63) is 10.5 Å². The Kier molecular flexibility index (Phi) is 7.67. The third kappa shape index (κ3) is 5.17. The molecular weight excluding hydrogens is 304 g/mol. The van der Waals surface area contributed by atoms with Crippen molar-refractivity contribution < 1.29 is 9.53 Å². The van der Waals surface area contributed by atoms with E-state index in [1.54, 1.807) is 11.7 Å². The summed E-state index contributed by atoms with van der Waals surface area (Å²) in [6, 6.07) is 0.298. The number of aromatic nitrogens is 3. The zero-order valence-electron chi connectivity index (χ0n) is 14.0. The van der Waals surface area contributed by atoms with Crippen LogP contribution in [0.4, 0.5) is 0 Å². The first-order valence-corrected chi connectivity index (χ1v) is 8.45. The summed E-state index contributed by atoms with van der Waals surface area (Å²) in [6.45, 7) is 9.10. The summed E-state index contributed by atoms with van der Waals surface area (Å²) in [6.07, 6.45) is 0.724. The van der Waals surface area contributed by atoms with E-state index in [2.05, 4.69) is 10.2 Å². The second kappa shape index (κ2) is 8.99. The second-order valence-electron chi connectivity index (χ2n) is 5.59. The first-order chi connectivity index (χ1) is 10.4. The molecule has 0 fully saturated rings. The summed E-state index contributed by atoms with van der Waals surface area (Å²) < 4.78 is 6.54. The number of thioether (sulfide) groups is 1.